The third kappa shape index (κ3) is 33.9. The van der Waals surface area contributed by atoms with Crippen molar-refractivity contribution in [1.82, 2.24) is 0 Å². The summed E-state index contributed by atoms with van der Waals surface area (Å²) < 4.78 is 59.2. The van der Waals surface area contributed by atoms with Crippen molar-refractivity contribution < 1.29 is 25.2 Å². The average molecular weight is 211 g/mol. The van der Waals surface area contributed by atoms with E-state index in [1.54, 1.807) is 0 Å². The zero-order valence-electron chi connectivity index (χ0n) is 5.73. The Labute approximate surface area is 64.8 Å². The Morgan fingerprint density at radius 1 is 0.750 bits per heavy atom. The van der Waals surface area contributed by atoms with Crippen LogP contribution in [0.15, 0.2) is 24.3 Å². The SMILES string of the molecule is C1=CCC=C1.F[P-](F)(F)(F)(F)F. The van der Waals surface area contributed by atoms with Gasteiger partial charge >= 0.3 is 33.0 Å². The van der Waals surface area contributed by atoms with Gasteiger partial charge in [-0.2, -0.15) is 0 Å². The number of hydrogen-bond acceptors (Lipinski definition) is 0. The van der Waals surface area contributed by atoms with Crippen LogP contribution in [-0.4, -0.2) is 0 Å². The summed E-state index contributed by atoms with van der Waals surface area (Å²) in [6.07, 6.45) is 9.50. The molecule has 0 saturated heterocycles. The zero-order chi connectivity index (χ0) is 9.94. The van der Waals surface area contributed by atoms with Crippen molar-refractivity contribution in [3.05, 3.63) is 24.3 Å². The van der Waals surface area contributed by atoms with E-state index in [9.17, 15) is 25.2 Å². The molecule has 74 valence electrons. The Morgan fingerprint density at radius 3 is 1.08 bits per heavy atom. The van der Waals surface area contributed by atoms with E-state index in [4.69, 9.17) is 0 Å². The molecule has 0 atom stereocenters. The van der Waals surface area contributed by atoms with Gasteiger partial charge in [0.15, 0.2) is 0 Å². The first-order valence-corrected chi connectivity index (χ1v) is 4.86. The van der Waals surface area contributed by atoms with E-state index in [2.05, 4.69) is 24.3 Å². The molecule has 0 aromatic rings. The van der Waals surface area contributed by atoms with Gasteiger partial charge in [-0.15, -0.1) is 0 Å². The molecule has 1 aliphatic carbocycles. The Balaban J connectivity index is 0.000000211. The number of rotatable bonds is 0. The van der Waals surface area contributed by atoms with Crippen LogP contribution in [0.5, 0.6) is 0 Å². The molecule has 0 saturated carbocycles. The van der Waals surface area contributed by atoms with Crippen LogP contribution in [0.4, 0.5) is 25.2 Å². The van der Waals surface area contributed by atoms with Gasteiger partial charge in [0.05, 0.1) is 0 Å². The second kappa shape index (κ2) is 2.49. The van der Waals surface area contributed by atoms with Crippen LogP contribution in [0, 0.1) is 0 Å². The molecule has 12 heavy (non-hydrogen) atoms. The molecule has 0 aliphatic heterocycles. The molecule has 1 aliphatic rings. The fraction of sp³-hybridized carbons (Fsp3) is 0.200. The monoisotopic (exact) mass is 211 g/mol. The van der Waals surface area contributed by atoms with Crippen LogP contribution in [0.25, 0.3) is 0 Å². The minimum absolute atomic E-state index is 1.14. The summed E-state index contributed by atoms with van der Waals surface area (Å²) in [7, 11) is -10.7. The average Bonchev–Trinajstić information content (AvgIpc) is 2.00. The summed E-state index contributed by atoms with van der Waals surface area (Å²) in [6, 6.07) is 0. The van der Waals surface area contributed by atoms with Crippen molar-refractivity contribution in [2.45, 2.75) is 6.42 Å². The van der Waals surface area contributed by atoms with Crippen molar-refractivity contribution in [2.75, 3.05) is 0 Å². The van der Waals surface area contributed by atoms with Gasteiger partial charge in [0.2, 0.25) is 0 Å². The summed E-state index contributed by atoms with van der Waals surface area (Å²) in [6.45, 7) is 0. The molecular weight excluding hydrogens is 205 g/mol. The minimum atomic E-state index is -10.7. The van der Waals surface area contributed by atoms with E-state index in [0.29, 0.717) is 0 Å². The van der Waals surface area contributed by atoms with Crippen LogP contribution < -0.4 is 0 Å². The van der Waals surface area contributed by atoms with E-state index < -0.39 is 7.81 Å². The van der Waals surface area contributed by atoms with Crippen molar-refractivity contribution in [2.24, 2.45) is 0 Å². The summed E-state index contributed by atoms with van der Waals surface area (Å²) in [5.74, 6) is 0. The molecule has 0 bridgehead atoms. The van der Waals surface area contributed by atoms with E-state index >= 15 is 0 Å². The third-order valence-electron chi connectivity index (χ3n) is 0.655. The third-order valence-corrected chi connectivity index (χ3v) is 0.655. The molecule has 0 radical (unpaired) electrons. The van der Waals surface area contributed by atoms with Crippen molar-refractivity contribution in [3.8, 4) is 0 Å². The predicted molar refractivity (Wildman–Crippen MR) is 36.5 cm³/mol. The summed E-state index contributed by atoms with van der Waals surface area (Å²) in [5, 5.41) is 0. The molecular formula is C5H6F6P-. The van der Waals surface area contributed by atoms with Crippen LogP contribution in [0.3, 0.4) is 0 Å². The molecule has 0 aromatic carbocycles. The van der Waals surface area contributed by atoms with E-state index in [0.717, 1.165) is 6.42 Å². The molecule has 0 N–H and O–H groups in total. The summed E-state index contributed by atoms with van der Waals surface area (Å²) >= 11 is 0. The second-order valence-electron chi connectivity index (χ2n) is 2.05. The topological polar surface area (TPSA) is 0 Å². The maximum atomic E-state index is 9.87. The molecule has 7 heteroatoms. The molecule has 0 nitrogen and oxygen atoms in total. The molecule has 0 spiro atoms. The van der Waals surface area contributed by atoms with Gasteiger partial charge in [-0.05, 0) is 6.42 Å². The zero-order valence-corrected chi connectivity index (χ0v) is 6.63. The summed E-state index contributed by atoms with van der Waals surface area (Å²) in [5.41, 5.74) is 0. The van der Waals surface area contributed by atoms with E-state index in [1.165, 1.54) is 0 Å². The second-order valence-corrected chi connectivity index (χ2v) is 3.97. The molecule has 0 unspecified atom stereocenters. The molecule has 0 aromatic heterocycles. The molecule has 0 amide bonds. The Kier molecular flexibility index (Phi) is 2.38. The first kappa shape index (κ1) is 11.5. The van der Waals surface area contributed by atoms with Gasteiger partial charge in [-0.1, -0.05) is 24.3 Å². The van der Waals surface area contributed by atoms with Crippen LogP contribution in [-0.2, 0) is 0 Å². The first-order valence-electron chi connectivity index (χ1n) is 2.83. The van der Waals surface area contributed by atoms with Crippen molar-refractivity contribution >= 4 is 7.81 Å². The van der Waals surface area contributed by atoms with Gasteiger partial charge in [0, 0.05) is 0 Å². The Bertz CT molecular complexity index is 184. The van der Waals surface area contributed by atoms with Crippen LogP contribution >= 0.6 is 7.81 Å². The number of halogens is 6. The fourth-order valence-corrected chi connectivity index (χ4v) is 0.393. The molecule has 0 heterocycles. The van der Waals surface area contributed by atoms with Gasteiger partial charge < -0.3 is 0 Å². The van der Waals surface area contributed by atoms with Gasteiger partial charge in [-0.3, -0.25) is 0 Å². The first-order chi connectivity index (χ1) is 4.95. The van der Waals surface area contributed by atoms with Gasteiger partial charge in [0.25, 0.3) is 0 Å². The van der Waals surface area contributed by atoms with Gasteiger partial charge in [-0.25, -0.2) is 0 Å². The fourth-order valence-electron chi connectivity index (χ4n) is 0.393. The Hall–Kier alpha value is -0.510. The van der Waals surface area contributed by atoms with Crippen LogP contribution in [0.2, 0.25) is 0 Å². The maximum absolute atomic E-state index is 10.7. The number of hydrogen-bond donors (Lipinski definition) is 0. The predicted octanol–water partition coefficient (Wildman–Crippen LogP) is 4.88. The van der Waals surface area contributed by atoms with Crippen LogP contribution in [0.1, 0.15) is 6.42 Å². The van der Waals surface area contributed by atoms with Crippen molar-refractivity contribution in [1.29, 1.82) is 0 Å². The Morgan fingerprint density at radius 2 is 1.00 bits per heavy atom. The molecule has 0 fully saturated rings. The van der Waals surface area contributed by atoms with E-state index in [-0.39, 0.29) is 0 Å². The standard InChI is InChI=1S/C5H6.F6P/c1-2-4-5-3-1;1-7(2,3,4,5)6/h1-4H,5H2;/q;-1. The number of allylic oxidation sites excluding steroid dienone is 4. The quantitative estimate of drug-likeness (QED) is 0.395. The summed E-state index contributed by atoms with van der Waals surface area (Å²) in [4.78, 5) is 0. The van der Waals surface area contributed by atoms with Gasteiger partial charge in [0.1, 0.15) is 0 Å². The molecule has 1 rings (SSSR count). The van der Waals surface area contributed by atoms with E-state index in [1.807, 2.05) is 0 Å². The normalized spacial score (nSPS) is 20.8. The van der Waals surface area contributed by atoms with Crippen molar-refractivity contribution in [3.63, 3.8) is 0 Å².